The minimum absolute atomic E-state index is 0.0795. The Morgan fingerprint density at radius 3 is 2.78 bits per heavy atom. The predicted octanol–water partition coefficient (Wildman–Crippen LogP) is 1.40. The van der Waals surface area contributed by atoms with E-state index >= 15 is 0 Å². The van der Waals surface area contributed by atoms with E-state index in [1.165, 1.54) is 12.8 Å². The van der Waals surface area contributed by atoms with Crippen molar-refractivity contribution >= 4 is 21.5 Å². The molecule has 1 aliphatic carbocycles. The van der Waals surface area contributed by atoms with E-state index in [1.807, 2.05) is 0 Å². The molecule has 0 heterocycles. The zero-order chi connectivity index (χ0) is 6.69. The van der Waals surface area contributed by atoms with Crippen LogP contribution in [0.15, 0.2) is 0 Å². The SMILES string of the molecule is C[AsH]C1CCCCC1=O. The zero-order valence-electron chi connectivity index (χ0n) is 5.81. The van der Waals surface area contributed by atoms with Crippen LogP contribution in [-0.4, -0.2) is 21.5 Å². The molecule has 1 saturated carbocycles. The third kappa shape index (κ3) is 1.82. The van der Waals surface area contributed by atoms with E-state index < -0.39 is 0 Å². The fourth-order valence-electron chi connectivity index (χ4n) is 1.29. The molecule has 0 aromatic rings. The zero-order valence-corrected chi connectivity index (χ0v) is 7.91. The van der Waals surface area contributed by atoms with Gasteiger partial charge in [0.1, 0.15) is 0 Å². The normalized spacial score (nSPS) is 29.9. The molecule has 2 atom stereocenters. The van der Waals surface area contributed by atoms with Gasteiger partial charge in [0.05, 0.1) is 0 Å². The second kappa shape index (κ2) is 3.41. The van der Waals surface area contributed by atoms with Gasteiger partial charge in [-0.3, -0.25) is 0 Å². The number of carbonyl (C=O) groups is 1. The van der Waals surface area contributed by atoms with Gasteiger partial charge >= 0.3 is 62.4 Å². The van der Waals surface area contributed by atoms with Gasteiger partial charge in [0.25, 0.3) is 0 Å². The summed E-state index contributed by atoms with van der Waals surface area (Å²) in [6, 6.07) is 0. The first-order chi connectivity index (χ1) is 4.34. The summed E-state index contributed by atoms with van der Waals surface area (Å²) >= 11 is 0.0795. The molecule has 1 rings (SSSR count). The monoisotopic (exact) mass is 188 g/mol. The van der Waals surface area contributed by atoms with Crippen LogP contribution in [0.5, 0.6) is 0 Å². The molecule has 0 amide bonds. The van der Waals surface area contributed by atoms with Gasteiger partial charge in [0, 0.05) is 0 Å². The minimum atomic E-state index is 0.0795. The fourth-order valence-corrected chi connectivity index (χ4v) is 3.30. The first kappa shape index (κ1) is 7.34. The number of Topliss-reactive ketones (excluding diaryl/α,β-unsaturated/α-hetero) is 1. The van der Waals surface area contributed by atoms with Crippen molar-refractivity contribution in [1.82, 2.24) is 0 Å². The summed E-state index contributed by atoms with van der Waals surface area (Å²) in [7, 11) is 0. The van der Waals surface area contributed by atoms with Crippen molar-refractivity contribution < 1.29 is 4.79 Å². The number of hydrogen-bond donors (Lipinski definition) is 0. The summed E-state index contributed by atoms with van der Waals surface area (Å²) in [5.41, 5.74) is 2.23. The average Bonchev–Trinajstić information content (AvgIpc) is 1.89. The van der Waals surface area contributed by atoms with Crippen LogP contribution in [0.25, 0.3) is 0 Å². The van der Waals surface area contributed by atoms with Crippen LogP contribution < -0.4 is 0 Å². The van der Waals surface area contributed by atoms with Crippen LogP contribution in [0, 0.1) is 0 Å². The Labute approximate surface area is 62.9 Å². The molecule has 9 heavy (non-hydrogen) atoms. The van der Waals surface area contributed by atoms with Crippen LogP contribution in [-0.2, 0) is 4.79 Å². The molecular weight excluding hydrogens is 175 g/mol. The second-order valence-corrected chi connectivity index (χ2v) is 5.23. The molecule has 0 bridgehead atoms. The third-order valence-electron chi connectivity index (χ3n) is 1.90. The standard InChI is InChI=1S/C7H13AsO/c1-8-6-4-2-3-5-7(6)9/h6,8H,2-5H2,1H3. The van der Waals surface area contributed by atoms with Gasteiger partial charge < -0.3 is 0 Å². The molecule has 2 heteroatoms. The van der Waals surface area contributed by atoms with Crippen molar-refractivity contribution in [2.75, 3.05) is 0 Å². The molecule has 0 aromatic carbocycles. The van der Waals surface area contributed by atoms with E-state index in [0.29, 0.717) is 10.5 Å². The Hall–Kier alpha value is 0.228. The fraction of sp³-hybridized carbons (Fsp3) is 0.857. The molecule has 0 saturated heterocycles. The second-order valence-electron chi connectivity index (χ2n) is 2.55. The van der Waals surface area contributed by atoms with Crippen LogP contribution in [0.4, 0.5) is 0 Å². The van der Waals surface area contributed by atoms with E-state index in [4.69, 9.17) is 0 Å². The van der Waals surface area contributed by atoms with Crippen LogP contribution in [0.2, 0.25) is 10.4 Å². The topological polar surface area (TPSA) is 17.1 Å². The molecule has 0 aliphatic heterocycles. The first-order valence-corrected chi connectivity index (χ1v) is 6.85. The first-order valence-electron chi connectivity index (χ1n) is 3.54. The van der Waals surface area contributed by atoms with E-state index in [1.54, 1.807) is 0 Å². The number of hydrogen-bond acceptors (Lipinski definition) is 1. The number of carbonyl (C=O) groups excluding carboxylic acids is 1. The summed E-state index contributed by atoms with van der Waals surface area (Å²) in [6.45, 7) is 0. The molecule has 0 aromatic heterocycles. The van der Waals surface area contributed by atoms with Crippen molar-refractivity contribution in [2.45, 2.75) is 36.1 Å². The van der Waals surface area contributed by atoms with Crippen molar-refractivity contribution in [3.05, 3.63) is 0 Å². The van der Waals surface area contributed by atoms with Crippen LogP contribution >= 0.6 is 0 Å². The van der Waals surface area contributed by atoms with Gasteiger partial charge in [0.2, 0.25) is 0 Å². The van der Waals surface area contributed by atoms with Gasteiger partial charge in [-0.1, -0.05) is 0 Å². The van der Waals surface area contributed by atoms with Gasteiger partial charge in [0.15, 0.2) is 0 Å². The molecule has 0 radical (unpaired) electrons. The Kier molecular flexibility index (Phi) is 2.78. The molecule has 0 spiro atoms. The van der Waals surface area contributed by atoms with Crippen molar-refractivity contribution in [2.24, 2.45) is 0 Å². The van der Waals surface area contributed by atoms with Gasteiger partial charge in [-0.15, -0.1) is 0 Å². The van der Waals surface area contributed by atoms with E-state index in [-0.39, 0.29) is 15.8 Å². The summed E-state index contributed by atoms with van der Waals surface area (Å²) < 4.78 is 0.541. The van der Waals surface area contributed by atoms with Crippen molar-refractivity contribution in [3.63, 3.8) is 0 Å². The predicted molar refractivity (Wildman–Crippen MR) is 40.2 cm³/mol. The van der Waals surface area contributed by atoms with Gasteiger partial charge in [-0.05, 0) is 0 Å². The van der Waals surface area contributed by atoms with Gasteiger partial charge in [-0.2, -0.15) is 0 Å². The van der Waals surface area contributed by atoms with Crippen molar-refractivity contribution in [1.29, 1.82) is 0 Å². The molecule has 1 fully saturated rings. The molecule has 2 unspecified atom stereocenters. The maximum atomic E-state index is 11.1. The summed E-state index contributed by atoms with van der Waals surface area (Å²) in [6.07, 6.45) is 4.53. The molecule has 1 nitrogen and oxygen atoms in total. The van der Waals surface area contributed by atoms with Crippen molar-refractivity contribution in [3.8, 4) is 0 Å². The van der Waals surface area contributed by atoms with E-state index in [2.05, 4.69) is 5.71 Å². The van der Waals surface area contributed by atoms with Crippen LogP contribution in [0.3, 0.4) is 0 Å². The van der Waals surface area contributed by atoms with E-state index in [9.17, 15) is 4.79 Å². The Balaban J connectivity index is 2.39. The Morgan fingerprint density at radius 2 is 2.33 bits per heavy atom. The van der Waals surface area contributed by atoms with Crippen LogP contribution in [0.1, 0.15) is 25.7 Å². The summed E-state index contributed by atoms with van der Waals surface area (Å²) in [4.78, 5) is 11.1. The average molecular weight is 188 g/mol. The third-order valence-corrected chi connectivity index (χ3v) is 4.65. The molecular formula is C7H13AsO. The van der Waals surface area contributed by atoms with Gasteiger partial charge in [-0.25, -0.2) is 0 Å². The quantitative estimate of drug-likeness (QED) is 0.568. The Morgan fingerprint density at radius 1 is 1.56 bits per heavy atom. The molecule has 52 valence electrons. The Bertz CT molecular complexity index is 111. The molecule has 1 aliphatic rings. The maximum absolute atomic E-state index is 11.1. The number of ketones is 1. The molecule has 0 N–H and O–H groups in total. The van der Waals surface area contributed by atoms with E-state index in [0.717, 1.165) is 12.8 Å². The summed E-state index contributed by atoms with van der Waals surface area (Å²) in [5, 5.41) is 0. The number of rotatable bonds is 1. The summed E-state index contributed by atoms with van der Waals surface area (Å²) in [5.74, 6) is 0.559.